The lowest BCUT2D eigenvalue weighted by molar-refractivity contribution is 0.150. The number of fused-ring (bicyclic) bond motifs is 2. The van der Waals surface area contributed by atoms with E-state index in [0.29, 0.717) is 12.6 Å². The van der Waals surface area contributed by atoms with Gasteiger partial charge < -0.3 is 14.8 Å². The van der Waals surface area contributed by atoms with Crippen LogP contribution in [-0.2, 0) is 0 Å². The van der Waals surface area contributed by atoms with Crippen molar-refractivity contribution in [1.29, 1.82) is 0 Å². The molecule has 1 N–H and O–H groups in total. The van der Waals surface area contributed by atoms with E-state index in [9.17, 15) is 0 Å². The first-order valence-electron chi connectivity index (χ1n) is 9.23. The van der Waals surface area contributed by atoms with Crippen LogP contribution >= 0.6 is 0 Å². The van der Waals surface area contributed by atoms with E-state index >= 15 is 0 Å². The number of piperazine rings is 1. The van der Waals surface area contributed by atoms with E-state index in [4.69, 9.17) is 9.47 Å². The fraction of sp³-hybridized carbons (Fsp3) is 0.421. The summed E-state index contributed by atoms with van der Waals surface area (Å²) in [6, 6.07) is 8.75. The fourth-order valence-electron chi connectivity index (χ4n) is 3.91. The Bertz CT molecular complexity index is 987. The SMILES string of the molecule is Cc1cc([C@H]2CN(C(C)c3ccc4c(c3)OCO4)CCN2)n2ncnc2n1. The van der Waals surface area contributed by atoms with Crippen LogP contribution in [0.4, 0.5) is 0 Å². The molecule has 1 unspecified atom stereocenters. The van der Waals surface area contributed by atoms with Crippen molar-refractivity contribution in [3.8, 4) is 11.5 Å². The minimum atomic E-state index is 0.168. The lowest BCUT2D eigenvalue weighted by atomic mass is 10.0. The normalized spacial score (nSPS) is 20.9. The number of aromatic nitrogens is 4. The van der Waals surface area contributed by atoms with Crippen LogP contribution in [0, 0.1) is 6.92 Å². The molecule has 1 aromatic carbocycles. The lowest BCUT2D eigenvalue weighted by Crippen LogP contribution is -2.47. The molecule has 0 amide bonds. The summed E-state index contributed by atoms with van der Waals surface area (Å²) in [6.07, 6.45) is 1.56. The summed E-state index contributed by atoms with van der Waals surface area (Å²) in [5, 5.41) is 7.98. The van der Waals surface area contributed by atoms with E-state index in [1.807, 2.05) is 17.5 Å². The number of nitrogens with zero attached hydrogens (tertiary/aromatic N) is 5. The van der Waals surface area contributed by atoms with Gasteiger partial charge in [0.2, 0.25) is 6.79 Å². The minimum absolute atomic E-state index is 0.168. The zero-order valence-corrected chi connectivity index (χ0v) is 15.4. The summed E-state index contributed by atoms with van der Waals surface area (Å²) < 4.78 is 12.8. The third-order valence-electron chi connectivity index (χ3n) is 5.40. The number of nitrogens with one attached hydrogen (secondary N) is 1. The van der Waals surface area contributed by atoms with Gasteiger partial charge in [-0.15, -0.1) is 0 Å². The smallest absolute Gasteiger partial charge is 0.252 e. The van der Waals surface area contributed by atoms with Crippen molar-refractivity contribution >= 4 is 5.78 Å². The van der Waals surface area contributed by atoms with Crippen molar-refractivity contribution in [3.63, 3.8) is 0 Å². The lowest BCUT2D eigenvalue weighted by Gasteiger charge is -2.37. The molecule has 8 nitrogen and oxygen atoms in total. The molecule has 0 spiro atoms. The molecular weight excluding hydrogens is 344 g/mol. The quantitative estimate of drug-likeness (QED) is 0.758. The van der Waals surface area contributed by atoms with E-state index in [1.165, 1.54) is 5.56 Å². The molecule has 1 saturated heterocycles. The highest BCUT2D eigenvalue weighted by molar-refractivity contribution is 5.45. The van der Waals surface area contributed by atoms with Crippen LogP contribution in [0.15, 0.2) is 30.6 Å². The molecule has 1 fully saturated rings. The Labute approximate surface area is 157 Å². The van der Waals surface area contributed by atoms with Gasteiger partial charge in [-0.2, -0.15) is 14.6 Å². The predicted molar refractivity (Wildman–Crippen MR) is 98.8 cm³/mol. The van der Waals surface area contributed by atoms with Crippen LogP contribution in [0.25, 0.3) is 5.78 Å². The first kappa shape index (κ1) is 16.5. The number of rotatable bonds is 3. The van der Waals surface area contributed by atoms with E-state index < -0.39 is 0 Å². The second-order valence-corrected chi connectivity index (χ2v) is 7.08. The zero-order chi connectivity index (χ0) is 18.4. The van der Waals surface area contributed by atoms with Crippen molar-refractivity contribution < 1.29 is 9.47 Å². The van der Waals surface area contributed by atoms with Gasteiger partial charge in [0.1, 0.15) is 6.33 Å². The Kier molecular flexibility index (Phi) is 3.95. The second-order valence-electron chi connectivity index (χ2n) is 7.08. The average molecular weight is 366 g/mol. The van der Waals surface area contributed by atoms with Gasteiger partial charge in [-0.1, -0.05) is 6.07 Å². The molecule has 4 heterocycles. The molecule has 140 valence electrons. The molecule has 0 saturated carbocycles. The third-order valence-corrected chi connectivity index (χ3v) is 5.40. The third kappa shape index (κ3) is 2.90. The summed E-state index contributed by atoms with van der Waals surface area (Å²) in [4.78, 5) is 11.2. The van der Waals surface area contributed by atoms with Gasteiger partial charge >= 0.3 is 0 Å². The van der Waals surface area contributed by atoms with Crippen LogP contribution in [0.5, 0.6) is 11.5 Å². The second kappa shape index (κ2) is 6.47. The van der Waals surface area contributed by atoms with E-state index in [1.54, 1.807) is 6.33 Å². The van der Waals surface area contributed by atoms with Crippen molar-refractivity contribution in [1.82, 2.24) is 29.8 Å². The number of ether oxygens (including phenoxy) is 2. The van der Waals surface area contributed by atoms with Crippen LogP contribution in [-0.4, -0.2) is 50.9 Å². The number of aryl methyl sites for hydroxylation is 1. The minimum Gasteiger partial charge on any atom is -0.454 e. The summed E-state index contributed by atoms with van der Waals surface area (Å²) in [6.45, 7) is 7.32. The van der Waals surface area contributed by atoms with E-state index in [2.05, 4.69) is 50.4 Å². The van der Waals surface area contributed by atoms with Crippen molar-refractivity contribution in [2.24, 2.45) is 0 Å². The maximum Gasteiger partial charge on any atom is 0.252 e. The van der Waals surface area contributed by atoms with E-state index in [0.717, 1.165) is 42.5 Å². The van der Waals surface area contributed by atoms with Gasteiger partial charge in [0.05, 0.1) is 11.7 Å². The van der Waals surface area contributed by atoms with Gasteiger partial charge in [-0.05, 0) is 37.6 Å². The molecule has 0 aliphatic carbocycles. The highest BCUT2D eigenvalue weighted by Crippen LogP contribution is 2.36. The summed E-state index contributed by atoms with van der Waals surface area (Å²) in [7, 11) is 0. The number of hydrogen-bond donors (Lipinski definition) is 1. The Balaban J connectivity index is 1.41. The van der Waals surface area contributed by atoms with Crippen LogP contribution in [0.3, 0.4) is 0 Å². The Morgan fingerprint density at radius 1 is 1.22 bits per heavy atom. The molecule has 2 aliphatic heterocycles. The predicted octanol–water partition coefficient (Wildman–Crippen LogP) is 1.87. The van der Waals surface area contributed by atoms with Crippen LogP contribution < -0.4 is 14.8 Å². The first-order chi connectivity index (χ1) is 13.2. The number of benzene rings is 1. The van der Waals surface area contributed by atoms with Gasteiger partial charge in [-0.3, -0.25) is 4.90 Å². The molecule has 0 radical (unpaired) electrons. The summed E-state index contributed by atoms with van der Waals surface area (Å²) >= 11 is 0. The molecule has 27 heavy (non-hydrogen) atoms. The fourth-order valence-corrected chi connectivity index (χ4v) is 3.91. The van der Waals surface area contributed by atoms with E-state index in [-0.39, 0.29) is 12.1 Å². The standard InChI is InChI=1S/C19H22N6O2/c1-12-7-16(25-19(23-12)21-10-22-25)15-9-24(6-5-20-15)13(2)14-3-4-17-18(8-14)27-11-26-17/h3-4,7-8,10,13,15,20H,5-6,9,11H2,1-2H3/t13?,15-/m1/s1. The Hall–Kier alpha value is -2.71. The zero-order valence-electron chi connectivity index (χ0n) is 15.4. The number of hydrogen-bond acceptors (Lipinski definition) is 7. The van der Waals surface area contributed by atoms with Gasteiger partial charge in [0.25, 0.3) is 5.78 Å². The Morgan fingerprint density at radius 3 is 3.04 bits per heavy atom. The monoisotopic (exact) mass is 366 g/mol. The average Bonchev–Trinajstić information content (AvgIpc) is 3.35. The largest absolute Gasteiger partial charge is 0.454 e. The highest BCUT2D eigenvalue weighted by Gasteiger charge is 2.28. The van der Waals surface area contributed by atoms with Crippen LogP contribution in [0.1, 0.15) is 36.0 Å². The van der Waals surface area contributed by atoms with Gasteiger partial charge in [0.15, 0.2) is 11.5 Å². The maximum atomic E-state index is 5.54. The molecule has 2 aliphatic rings. The summed E-state index contributed by atoms with van der Waals surface area (Å²) in [5.74, 6) is 2.30. The van der Waals surface area contributed by atoms with Crippen molar-refractivity contribution in [2.45, 2.75) is 25.9 Å². The molecule has 0 bridgehead atoms. The summed E-state index contributed by atoms with van der Waals surface area (Å²) in [5.41, 5.74) is 3.28. The molecular formula is C19H22N6O2. The molecule has 5 rings (SSSR count). The first-order valence-corrected chi connectivity index (χ1v) is 9.23. The van der Waals surface area contributed by atoms with Gasteiger partial charge in [-0.25, -0.2) is 4.98 Å². The molecule has 2 atom stereocenters. The van der Waals surface area contributed by atoms with Gasteiger partial charge in [0, 0.05) is 31.4 Å². The highest BCUT2D eigenvalue weighted by atomic mass is 16.7. The topological polar surface area (TPSA) is 76.8 Å². The Morgan fingerprint density at radius 2 is 2.11 bits per heavy atom. The van der Waals surface area contributed by atoms with Crippen LogP contribution in [0.2, 0.25) is 0 Å². The molecule has 3 aromatic rings. The molecule has 2 aromatic heterocycles. The maximum absolute atomic E-state index is 5.54. The van der Waals surface area contributed by atoms with Crippen molar-refractivity contribution in [2.75, 3.05) is 26.4 Å². The van der Waals surface area contributed by atoms with Crippen molar-refractivity contribution in [3.05, 3.63) is 47.5 Å². The molecule has 8 heteroatoms.